The van der Waals surface area contributed by atoms with Crippen LogP contribution in [0.4, 0.5) is 0 Å². The standard InChI is InChI=1S/C6H10O.C4H8O2/c1-3-5-6(7)4-2;1-2-3-4(5)6/h4H,2-3,5H2,1H3;2-3H2,1H3,(H,5,6). The molecular formula is C10H18O3. The molecule has 0 bridgehead atoms. The number of ketones is 1. The fourth-order valence-electron chi connectivity index (χ4n) is 0.562. The van der Waals surface area contributed by atoms with Crippen LogP contribution in [0.5, 0.6) is 0 Å². The van der Waals surface area contributed by atoms with Crippen LogP contribution in [0.15, 0.2) is 12.7 Å². The summed E-state index contributed by atoms with van der Waals surface area (Å²) < 4.78 is 0. The van der Waals surface area contributed by atoms with Crippen LogP contribution in [0, 0.1) is 0 Å². The number of carbonyl (C=O) groups is 2. The van der Waals surface area contributed by atoms with Crippen LogP contribution < -0.4 is 0 Å². The highest BCUT2D eigenvalue weighted by atomic mass is 16.4. The molecule has 0 saturated carbocycles. The molecule has 0 aliphatic heterocycles. The normalized spacial score (nSPS) is 8.15. The van der Waals surface area contributed by atoms with Gasteiger partial charge in [-0.25, -0.2) is 0 Å². The summed E-state index contributed by atoms with van der Waals surface area (Å²) in [6.07, 6.45) is 3.95. The van der Waals surface area contributed by atoms with Gasteiger partial charge in [-0.15, -0.1) is 0 Å². The average Bonchev–Trinajstić information content (AvgIpc) is 2.05. The maximum atomic E-state index is 10.3. The number of rotatable bonds is 5. The van der Waals surface area contributed by atoms with Crippen molar-refractivity contribution in [3.8, 4) is 0 Å². The molecule has 3 nitrogen and oxygen atoms in total. The van der Waals surface area contributed by atoms with E-state index in [2.05, 4.69) is 6.58 Å². The van der Waals surface area contributed by atoms with Crippen molar-refractivity contribution in [2.24, 2.45) is 0 Å². The molecule has 1 N–H and O–H groups in total. The Bertz CT molecular complexity index is 162. The Balaban J connectivity index is 0. The van der Waals surface area contributed by atoms with Crippen molar-refractivity contribution in [1.82, 2.24) is 0 Å². The Labute approximate surface area is 79.5 Å². The summed E-state index contributed by atoms with van der Waals surface area (Å²) in [5.41, 5.74) is 0. The summed E-state index contributed by atoms with van der Waals surface area (Å²) in [5, 5.41) is 7.91. The van der Waals surface area contributed by atoms with Gasteiger partial charge in [0.2, 0.25) is 0 Å². The molecule has 0 unspecified atom stereocenters. The van der Waals surface area contributed by atoms with Crippen LogP contribution in [0.25, 0.3) is 0 Å². The third-order valence-electron chi connectivity index (χ3n) is 1.19. The molecule has 0 aromatic carbocycles. The lowest BCUT2D eigenvalue weighted by atomic mass is 10.2. The van der Waals surface area contributed by atoms with E-state index in [9.17, 15) is 9.59 Å². The van der Waals surface area contributed by atoms with Gasteiger partial charge in [-0.2, -0.15) is 0 Å². The summed E-state index contributed by atoms with van der Waals surface area (Å²) in [6, 6.07) is 0. The summed E-state index contributed by atoms with van der Waals surface area (Å²) in [7, 11) is 0. The van der Waals surface area contributed by atoms with Gasteiger partial charge < -0.3 is 5.11 Å². The second-order valence-electron chi connectivity index (χ2n) is 2.56. The average molecular weight is 186 g/mol. The number of aliphatic carboxylic acids is 1. The lowest BCUT2D eigenvalue weighted by Crippen LogP contribution is -1.90. The zero-order valence-corrected chi connectivity index (χ0v) is 8.38. The van der Waals surface area contributed by atoms with Gasteiger partial charge in [0, 0.05) is 12.8 Å². The minimum atomic E-state index is -0.711. The summed E-state index contributed by atoms with van der Waals surface area (Å²) in [4.78, 5) is 19.9. The van der Waals surface area contributed by atoms with Crippen molar-refractivity contribution < 1.29 is 14.7 Å². The lowest BCUT2D eigenvalue weighted by molar-refractivity contribution is -0.137. The quantitative estimate of drug-likeness (QED) is 0.671. The molecular weight excluding hydrogens is 168 g/mol. The Morgan fingerprint density at radius 1 is 1.23 bits per heavy atom. The largest absolute Gasteiger partial charge is 0.481 e. The van der Waals surface area contributed by atoms with Gasteiger partial charge in [-0.05, 0) is 18.9 Å². The van der Waals surface area contributed by atoms with Crippen LogP contribution >= 0.6 is 0 Å². The van der Waals surface area contributed by atoms with Gasteiger partial charge in [0.25, 0.3) is 0 Å². The van der Waals surface area contributed by atoms with E-state index in [0.29, 0.717) is 12.8 Å². The fraction of sp³-hybridized carbons (Fsp3) is 0.600. The highest BCUT2D eigenvalue weighted by molar-refractivity contribution is 5.88. The predicted molar refractivity (Wildman–Crippen MR) is 52.7 cm³/mol. The number of carboxylic acids is 1. The van der Waals surface area contributed by atoms with E-state index in [0.717, 1.165) is 12.8 Å². The van der Waals surface area contributed by atoms with E-state index < -0.39 is 5.97 Å². The first-order chi connectivity index (χ1) is 6.08. The Morgan fingerprint density at radius 2 is 1.69 bits per heavy atom. The summed E-state index contributed by atoms with van der Waals surface area (Å²) >= 11 is 0. The smallest absolute Gasteiger partial charge is 0.303 e. The molecule has 0 heterocycles. The third-order valence-corrected chi connectivity index (χ3v) is 1.19. The topological polar surface area (TPSA) is 54.4 Å². The number of allylic oxidation sites excluding steroid dienone is 1. The zero-order valence-electron chi connectivity index (χ0n) is 8.38. The van der Waals surface area contributed by atoms with Crippen LogP contribution in [0.2, 0.25) is 0 Å². The molecule has 0 aliphatic carbocycles. The first-order valence-corrected chi connectivity index (χ1v) is 4.45. The highest BCUT2D eigenvalue weighted by Crippen LogP contribution is 1.87. The molecule has 3 heteroatoms. The van der Waals surface area contributed by atoms with Crippen molar-refractivity contribution in [1.29, 1.82) is 0 Å². The molecule has 0 aromatic heterocycles. The molecule has 0 fully saturated rings. The van der Waals surface area contributed by atoms with Crippen molar-refractivity contribution >= 4 is 11.8 Å². The van der Waals surface area contributed by atoms with E-state index in [1.54, 1.807) is 0 Å². The number of hydrogen-bond acceptors (Lipinski definition) is 2. The number of carbonyl (C=O) groups excluding carboxylic acids is 1. The molecule has 0 aromatic rings. The molecule has 0 aliphatic rings. The Hall–Kier alpha value is -1.12. The van der Waals surface area contributed by atoms with Gasteiger partial charge in [-0.3, -0.25) is 9.59 Å². The lowest BCUT2D eigenvalue weighted by Gasteiger charge is -1.82. The van der Waals surface area contributed by atoms with Gasteiger partial charge in [0.05, 0.1) is 0 Å². The van der Waals surface area contributed by atoms with Gasteiger partial charge >= 0.3 is 5.97 Å². The number of hydrogen-bond donors (Lipinski definition) is 1. The van der Waals surface area contributed by atoms with Crippen molar-refractivity contribution in [3.05, 3.63) is 12.7 Å². The summed E-state index contributed by atoms with van der Waals surface area (Å²) in [6.45, 7) is 7.14. The van der Waals surface area contributed by atoms with Crippen molar-refractivity contribution in [2.45, 2.75) is 39.5 Å². The van der Waals surface area contributed by atoms with E-state index >= 15 is 0 Å². The van der Waals surface area contributed by atoms with E-state index in [1.807, 2.05) is 13.8 Å². The molecule has 0 atom stereocenters. The SMILES string of the molecule is C=CC(=O)CCC.CCCC(=O)O. The first-order valence-electron chi connectivity index (χ1n) is 4.45. The second-order valence-corrected chi connectivity index (χ2v) is 2.56. The number of carboxylic acid groups (broad SMARTS) is 1. The Morgan fingerprint density at radius 3 is 1.77 bits per heavy atom. The van der Waals surface area contributed by atoms with E-state index in [1.165, 1.54) is 6.08 Å². The molecule has 13 heavy (non-hydrogen) atoms. The van der Waals surface area contributed by atoms with Crippen LogP contribution in [-0.4, -0.2) is 16.9 Å². The van der Waals surface area contributed by atoms with Crippen LogP contribution in [0.1, 0.15) is 39.5 Å². The minimum absolute atomic E-state index is 0.141. The minimum Gasteiger partial charge on any atom is -0.481 e. The Kier molecular flexibility index (Phi) is 12.1. The molecule has 0 amide bonds. The summed E-state index contributed by atoms with van der Waals surface area (Å²) in [5.74, 6) is -0.569. The van der Waals surface area contributed by atoms with E-state index in [-0.39, 0.29) is 5.78 Å². The first kappa shape index (κ1) is 14.4. The predicted octanol–water partition coefficient (Wildman–Crippen LogP) is 2.41. The van der Waals surface area contributed by atoms with Crippen LogP contribution in [-0.2, 0) is 9.59 Å². The van der Waals surface area contributed by atoms with Crippen molar-refractivity contribution in [2.75, 3.05) is 0 Å². The molecule has 0 radical (unpaired) electrons. The van der Waals surface area contributed by atoms with Gasteiger partial charge in [0.15, 0.2) is 5.78 Å². The van der Waals surface area contributed by atoms with Crippen molar-refractivity contribution in [3.63, 3.8) is 0 Å². The molecule has 0 spiro atoms. The second kappa shape index (κ2) is 10.9. The third kappa shape index (κ3) is 18.1. The molecule has 0 saturated heterocycles. The van der Waals surface area contributed by atoms with Gasteiger partial charge in [-0.1, -0.05) is 20.4 Å². The van der Waals surface area contributed by atoms with Gasteiger partial charge in [0.1, 0.15) is 0 Å². The molecule has 0 rings (SSSR count). The van der Waals surface area contributed by atoms with Crippen LogP contribution in [0.3, 0.4) is 0 Å². The zero-order chi connectivity index (χ0) is 10.7. The monoisotopic (exact) mass is 186 g/mol. The highest BCUT2D eigenvalue weighted by Gasteiger charge is 1.88. The molecule has 76 valence electrons. The maximum Gasteiger partial charge on any atom is 0.303 e. The van der Waals surface area contributed by atoms with E-state index in [4.69, 9.17) is 5.11 Å². The fourth-order valence-corrected chi connectivity index (χ4v) is 0.562. The maximum absolute atomic E-state index is 10.3.